The Bertz CT molecular complexity index is 841. The van der Waals surface area contributed by atoms with Crippen LogP contribution in [0.15, 0.2) is 36.4 Å². The predicted octanol–water partition coefficient (Wildman–Crippen LogP) is 3.88. The molecule has 2 aromatic rings. The fourth-order valence-corrected chi connectivity index (χ4v) is 3.14. The zero-order valence-electron chi connectivity index (χ0n) is 15.1. The van der Waals surface area contributed by atoms with Crippen LogP contribution < -0.4 is 9.64 Å². The lowest BCUT2D eigenvalue weighted by Crippen LogP contribution is -2.28. The van der Waals surface area contributed by atoms with Crippen molar-refractivity contribution >= 4 is 17.6 Å². The van der Waals surface area contributed by atoms with Crippen molar-refractivity contribution in [1.29, 1.82) is 0 Å². The first-order valence-electron chi connectivity index (χ1n) is 8.52. The molecule has 1 aliphatic heterocycles. The van der Waals surface area contributed by atoms with Crippen molar-refractivity contribution in [3.8, 4) is 5.75 Å². The van der Waals surface area contributed by atoms with Crippen LogP contribution in [0.5, 0.6) is 5.75 Å². The van der Waals surface area contributed by atoms with E-state index in [2.05, 4.69) is 0 Å². The molecule has 25 heavy (non-hydrogen) atoms. The Kier molecular flexibility index (Phi) is 4.62. The fourth-order valence-electron chi connectivity index (χ4n) is 3.14. The van der Waals surface area contributed by atoms with Crippen LogP contribution in [0, 0.1) is 33.6 Å². The second kappa shape index (κ2) is 6.71. The molecule has 2 aromatic carbocycles. The average Bonchev–Trinajstić information content (AvgIpc) is 2.95. The van der Waals surface area contributed by atoms with E-state index in [9.17, 15) is 9.59 Å². The Morgan fingerprint density at radius 3 is 2.60 bits per heavy atom. The van der Waals surface area contributed by atoms with Crippen LogP contribution in [0.1, 0.15) is 28.7 Å². The molecule has 1 amide bonds. The van der Waals surface area contributed by atoms with Gasteiger partial charge in [0.2, 0.25) is 5.91 Å². The van der Waals surface area contributed by atoms with Crippen LogP contribution in [0.2, 0.25) is 0 Å². The van der Waals surface area contributed by atoms with Crippen molar-refractivity contribution in [3.63, 3.8) is 0 Å². The zero-order chi connectivity index (χ0) is 18.1. The molecular weight excluding hydrogens is 314 g/mol. The summed E-state index contributed by atoms with van der Waals surface area (Å²) in [5, 5.41) is 0. The van der Waals surface area contributed by atoms with E-state index in [4.69, 9.17) is 4.74 Å². The number of hydrogen-bond donors (Lipinski definition) is 0. The van der Waals surface area contributed by atoms with Gasteiger partial charge in [-0.2, -0.15) is 0 Å². The minimum Gasteiger partial charge on any atom is -0.426 e. The van der Waals surface area contributed by atoms with E-state index >= 15 is 0 Å². The Hall–Kier alpha value is -2.62. The van der Waals surface area contributed by atoms with Gasteiger partial charge in [-0.25, -0.2) is 0 Å². The quantitative estimate of drug-likeness (QED) is 0.631. The van der Waals surface area contributed by atoms with Crippen molar-refractivity contribution < 1.29 is 14.3 Å². The fraction of sp³-hybridized carbons (Fsp3) is 0.333. The summed E-state index contributed by atoms with van der Waals surface area (Å²) in [6.45, 7) is 8.25. The summed E-state index contributed by atoms with van der Waals surface area (Å²) in [6.07, 6.45) is 0.192. The van der Waals surface area contributed by atoms with Crippen LogP contribution >= 0.6 is 0 Å². The molecule has 0 aromatic heterocycles. The van der Waals surface area contributed by atoms with Crippen LogP contribution in [0.3, 0.4) is 0 Å². The SMILES string of the molecule is Cc1ccc(C)c(OC(=O)[C@@H]2CC(=O)N(c3cccc(C)c3C)C2)c1. The molecule has 1 heterocycles. The summed E-state index contributed by atoms with van der Waals surface area (Å²) in [5.41, 5.74) is 5.03. The predicted molar refractivity (Wildman–Crippen MR) is 97.9 cm³/mol. The lowest BCUT2D eigenvalue weighted by molar-refractivity contribution is -0.139. The highest BCUT2D eigenvalue weighted by Crippen LogP contribution is 2.30. The molecule has 0 N–H and O–H groups in total. The summed E-state index contributed by atoms with van der Waals surface area (Å²) >= 11 is 0. The van der Waals surface area contributed by atoms with Gasteiger partial charge in [0.25, 0.3) is 0 Å². The van der Waals surface area contributed by atoms with Gasteiger partial charge in [0.1, 0.15) is 5.75 Å². The molecule has 130 valence electrons. The number of carbonyl (C=O) groups is 2. The van der Waals surface area contributed by atoms with E-state index < -0.39 is 5.92 Å². The molecule has 0 unspecified atom stereocenters. The standard InChI is InChI=1S/C21H23NO3/c1-13-8-9-15(3)19(10-13)25-21(24)17-11-20(23)22(12-17)18-7-5-6-14(2)16(18)4/h5-10,17H,11-12H2,1-4H3/t17-/m1/s1. The normalized spacial score (nSPS) is 17.0. The second-order valence-electron chi connectivity index (χ2n) is 6.81. The maximum atomic E-state index is 12.6. The highest BCUT2D eigenvalue weighted by Gasteiger charge is 2.37. The number of benzene rings is 2. The van der Waals surface area contributed by atoms with Gasteiger partial charge in [0.05, 0.1) is 5.92 Å². The maximum absolute atomic E-state index is 12.6. The summed E-state index contributed by atoms with van der Waals surface area (Å²) in [7, 11) is 0. The van der Waals surface area contributed by atoms with Gasteiger partial charge in [-0.05, 0) is 62.1 Å². The molecule has 1 fully saturated rings. The minimum absolute atomic E-state index is 0.0309. The Morgan fingerprint density at radius 1 is 1.08 bits per heavy atom. The molecule has 4 heteroatoms. The van der Waals surface area contributed by atoms with Crippen LogP contribution in [0.4, 0.5) is 5.69 Å². The molecule has 3 rings (SSSR count). The van der Waals surface area contributed by atoms with Gasteiger partial charge in [0, 0.05) is 18.7 Å². The molecular formula is C21H23NO3. The van der Waals surface area contributed by atoms with Crippen LogP contribution in [-0.4, -0.2) is 18.4 Å². The third-order valence-electron chi connectivity index (χ3n) is 4.88. The van der Waals surface area contributed by atoms with Crippen LogP contribution in [0.25, 0.3) is 0 Å². The van der Waals surface area contributed by atoms with E-state index in [1.54, 1.807) is 4.90 Å². The number of carbonyl (C=O) groups excluding carboxylic acids is 2. The number of nitrogens with zero attached hydrogens (tertiary/aromatic N) is 1. The zero-order valence-corrected chi connectivity index (χ0v) is 15.1. The number of esters is 1. The largest absolute Gasteiger partial charge is 0.426 e. The lowest BCUT2D eigenvalue weighted by atomic mass is 10.1. The minimum atomic E-state index is -0.438. The monoisotopic (exact) mass is 337 g/mol. The van der Waals surface area contributed by atoms with Gasteiger partial charge in [-0.1, -0.05) is 24.3 Å². The van der Waals surface area contributed by atoms with Crippen molar-refractivity contribution in [2.45, 2.75) is 34.1 Å². The maximum Gasteiger partial charge on any atom is 0.316 e. The second-order valence-corrected chi connectivity index (χ2v) is 6.81. The smallest absolute Gasteiger partial charge is 0.316 e. The molecule has 0 bridgehead atoms. The number of rotatable bonds is 3. The Labute approximate surface area is 148 Å². The summed E-state index contributed by atoms with van der Waals surface area (Å²) in [6, 6.07) is 11.7. The third-order valence-corrected chi connectivity index (χ3v) is 4.88. The highest BCUT2D eigenvalue weighted by molar-refractivity contribution is 6.00. The summed E-state index contributed by atoms with van der Waals surface area (Å²) in [5.74, 6) is -0.235. The topological polar surface area (TPSA) is 46.6 Å². The van der Waals surface area contributed by atoms with Crippen molar-refractivity contribution in [3.05, 3.63) is 58.7 Å². The summed E-state index contributed by atoms with van der Waals surface area (Å²) < 4.78 is 5.58. The molecule has 0 radical (unpaired) electrons. The van der Waals surface area contributed by atoms with Gasteiger partial charge < -0.3 is 9.64 Å². The van der Waals surface area contributed by atoms with Gasteiger partial charge in [0.15, 0.2) is 0 Å². The molecule has 1 saturated heterocycles. The molecule has 1 atom stereocenters. The van der Waals surface area contributed by atoms with Crippen molar-refractivity contribution in [1.82, 2.24) is 0 Å². The number of anilines is 1. The number of hydrogen-bond acceptors (Lipinski definition) is 3. The van der Waals surface area contributed by atoms with E-state index in [1.165, 1.54) is 0 Å². The van der Waals surface area contributed by atoms with E-state index in [-0.39, 0.29) is 18.3 Å². The Balaban J connectivity index is 1.77. The van der Waals surface area contributed by atoms with E-state index in [1.807, 2.05) is 64.1 Å². The van der Waals surface area contributed by atoms with Gasteiger partial charge in [-0.15, -0.1) is 0 Å². The number of aryl methyl sites for hydroxylation is 3. The Morgan fingerprint density at radius 2 is 1.84 bits per heavy atom. The first-order chi connectivity index (χ1) is 11.9. The molecule has 0 saturated carbocycles. The first kappa shape index (κ1) is 17.2. The summed E-state index contributed by atoms with van der Waals surface area (Å²) in [4.78, 5) is 26.7. The lowest BCUT2D eigenvalue weighted by Gasteiger charge is -2.20. The number of ether oxygens (including phenoxy) is 1. The van der Waals surface area contributed by atoms with Crippen molar-refractivity contribution in [2.24, 2.45) is 5.92 Å². The molecule has 1 aliphatic rings. The van der Waals surface area contributed by atoms with Crippen molar-refractivity contribution in [2.75, 3.05) is 11.4 Å². The van der Waals surface area contributed by atoms with Crippen LogP contribution in [-0.2, 0) is 9.59 Å². The number of amides is 1. The molecule has 4 nitrogen and oxygen atoms in total. The molecule has 0 spiro atoms. The van der Waals surface area contributed by atoms with E-state index in [0.717, 1.165) is 27.9 Å². The highest BCUT2D eigenvalue weighted by atomic mass is 16.5. The average molecular weight is 337 g/mol. The first-order valence-corrected chi connectivity index (χ1v) is 8.52. The van der Waals surface area contributed by atoms with Gasteiger partial charge in [-0.3, -0.25) is 9.59 Å². The molecule has 0 aliphatic carbocycles. The third kappa shape index (κ3) is 3.43. The van der Waals surface area contributed by atoms with E-state index in [0.29, 0.717) is 12.3 Å². The van der Waals surface area contributed by atoms with Gasteiger partial charge >= 0.3 is 5.97 Å².